The lowest BCUT2D eigenvalue weighted by atomic mass is 9.66. The fourth-order valence-electron chi connectivity index (χ4n) is 7.55. The minimum Gasteiger partial charge on any atom is -0.394 e. The van der Waals surface area contributed by atoms with Crippen molar-refractivity contribution in [1.82, 2.24) is 14.7 Å². The molecule has 8 heteroatoms. The van der Waals surface area contributed by atoms with Crippen LogP contribution in [0.1, 0.15) is 66.4 Å². The summed E-state index contributed by atoms with van der Waals surface area (Å²) >= 11 is 0. The molecular formula is C34H49N3O5. The number of aliphatic hydroxyl groups excluding tert-OH is 1. The van der Waals surface area contributed by atoms with E-state index in [0.717, 1.165) is 5.56 Å². The van der Waals surface area contributed by atoms with Crippen LogP contribution in [0.4, 0.5) is 0 Å². The van der Waals surface area contributed by atoms with Gasteiger partial charge in [-0.3, -0.25) is 14.4 Å². The predicted octanol–water partition coefficient (Wildman–Crippen LogP) is 4.19. The van der Waals surface area contributed by atoms with Gasteiger partial charge in [-0.05, 0) is 52.0 Å². The van der Waals surface area contributed by atoms with Crippen molar-refractivity contribution < 1.29 is 24.2 Å². The zero-order valence-corrected chi connectivity index (χ0v) is 26.2. The number of nitrogens with zero attached hydrogens (tertiary/aromatic N) is 3. The lowest BCUT2D eigenvalue weighted by Gasteiger charge is -2.44. The highest BCUT2D eigenvalue weighted by atomic mass is 16.5. The van der Waals surface area contributed by atoms with Gasteiger partial charge in [-0.25, -0.2) is 0 Å². The quantitative estimate of drug-likeness (QED) is 0.375. The maximum absolute atomic E-state index is 14.7. The highest BCUT2D eigenvalue weighted by Gasteiger charge is 2.79. The van der Waals surface area contributed by atoms with Gasteiger partial charge in [-0.1, -0.05) is 62.8 Å². The first-order valence-electron chi connectivity index (χ1n) is 15.3. The second-order valence-corrected chi connectivity index (χ2v) is 13.5. The van der Waals surface area contributed by atoms with Gasteiger partial charge >= 0.3 is 0 Å². The third-order valence-electron chi connectivity index (χ3n) is 9.82. The maximum atomic E-state index is 14.7. The molecule has 3 aliphatic rings. The molecular weight excluding hydrogens is 530 g/mol. The fraction of sp³-hybridized carbons (Fsp3) is 0.618. The summed E-state index contributed by atoms with van der Waals surface area (Å²) in [7, 11) is 0. The number of hydrogen-bond donors (Lipinski definition) is 1. The lowest BCUT2D eigenvalue weighted by Crippen LogP contribution is -2.62. The van der Waals surface area contributed by atoms with E-state index in [-0.39, 0.29) is 30.2 Å². The van der Waals surface area contributed by atoms with Crippen molar-refractivity contribution in [3.8, 4) is 0 Å². The van der Waals surface area contributed by atoms with Crippen molar-refractivity contribution in [2.75, 3.05) is 19.7 Å². The first kappa shape index (κ1) is 32.0. The molecule has 0 radical (unpaired) electrons. The minimum atomic E-state index is -1.17. The first-order valence-corrected chi connectivity index (χ1v) is 15.3. The molecule has 1 N–H and O–H groups in total. The summed E-state index contributed by atoms with van der Waals surface area (Å²) in [6.45, 7) is 20.3. The lowest BCUT2D eigenvalue weighted by molar-refractivity contribution is -0.160. The van der Waals surface area contributed by atoms with Crippen molar-refractivity contribution in [1.29, 1.82) is 0 Å². The van der Waals surface area contributed by atoms with Crippen LogP contribution in [0.2, 0.25) is 0 Å². The second-order valence-electron chi connectivity index (χ2n) is 13.5. The van der Waals surface area contributed by atoms with Crippen LogP contribution in [0.15, 0.2) is 55.6 Å². The number of aliphatic hydroxyl groups is 1. The summed E-state index contributed by atoms with van der Waals surface area (Å²) in [5, 5.41) is 10.6. The molecule has 1 spiro atoms. The smallest absolute Gasteiger partial charge is 0.249 e. The molecule has 0 saturated carbocycles. The van der Waals surface area contributed by atoms with Gasteiger partial charge in [0.05, 0.1) is 30.1 Å². The summed E-state index contributed by atoms with van der Waals surface area (Å²) < 4.78 is 6.88. The van der Waals surface area contributed by atoms with Crippen LogP contribution >= 0.6 is 0 Å². The Morgan fingerprint density at radius 1 is 1.14 bits per heavy atom. The highest BCUT2D eigenvalue weighted by Crippen LogP contribution is 2.64. The molecule has 2 bridgehead atoms. The van der Waals surface area contributed by atoms with Crippen LogP contribution in [0.3, 0.4) is 0 Å². The van der Waals surface area contributed by atoms with Gasteiger partial charge < -0.3 is 24.5 Å². The van der Waals surface area contributed by atoms with Crippen LogP contribution < -0.4 is 0 Å². The Morgan fingerprint density at radius 3 is 2.33 bits per heavy atom. The first-order chi connectivity index (χ1) is 19.8. The van der Waals surface area contributed by atoms with Crippen LogP contribution in [-0.4, -0.2) is 86.0 Å². The van der Waals surface area contributed by atoms with Crippen LogP contribution in [0.5, 0.6) is 0 Å². The van der Waals surface area contributed by atoms with Crippen LogP contribution in [0.25, 0.3) is 0 Å². The highest BCUT2D eigenvalue weighted by molar-refractivity contribution is 5.99. The molecule has 1 aromatic carbocycles. The number of carbonyl (C=O) groups excluding carboxylic acids is 3. The second kappa shape index (κ2) is 12.0. The molecule has 7 atom stereocenters. The third-order valence-corrected chi connectivity index (χ3v) is 9.82. The van der Waals surface area contributed by atoms with Gasteiger partial charge in [0.15, 0.2) is 0 Å². The Bertz CT molecular complexity index is 1200. The number of rotatable bonds is 12. The van der Waals surface area contributed by atoms with E-state index < -0.39 is 40.7 Å². The van der Waals surface area contributed by atoms with Gasteiger partial charge in [-0.2, -0.15) is 0 Å². The van der Waals surface area contributed by atoms with Gasteiger partial charge in [0.1, 0.15) is 11.6 Å². The van der Waals surface area contributed by atoms with E-state index in [2.05, 4.69) is 13.2 Å². The molecule has 0 aromatic heterocycles. The molecule has 3 aliphatic heterocycles. The van der Waals surface area contributed by atoms with Gasteiger partial charge in [0.2, 0.25) is 17.7 Å². The van der Waals surface area contributed by atoms with Crippen molar-refractivity contribution in [2.45, 2.75) is 96.2 Å². The zero-order valence-electron chi connectivity index (χ0n) is 26.2. The largest absolute Gasteiger partial charge is 0.394 e. The maximum Gasteiger partial charge on any atom is 0.249 e. The van der Waals surface area contributed by atoms with Crippen molar-refractivity contribution in [3.63, 3.8) is 0 Å². The average Bonchev–Trinajstić information content (AvgIpc) is 3.52. The van der Waals surface area contributed by atoms with Crippen molar-refractivity contribution in [3.05, 3.63) is 61.2 Å². The number of benzene rings is 1. The Morgan fingerprint density at radius 2 is 1.79 bits per heavy atom. The monoisotopic (exact) mass is 579 g/mol. The van der Waals surface area contributed by atoms with Gasteiger partial charge in [-0.15, -0.1) is 13.2 Å². The molecule has 3 saturated heterocycles. The molecule has 8 nitrogen and oxygen atoms in total. The molecule has 3 heterocycles. The molecule has 1 aromatic rings. The van der Waals surface area contributed by atoms with E-state index in [4.69, 9.17) is 4.74 Å². The molecule has 4 rings (SSSR count). The van der Waals surface area contributed by atoms with E-state index in [1.54, 1.807) is 26.9 Å². The van der Waals surface area contributed by atoms with E-state index in [9.17, 15) is 19.5 Å². The van der Waals surface area contributed by atoms with Crippen molar-refractivity contribution in [2.24, 2.45) is 17.8 Å². The third kappa shape index (κ3) is 5.21. The average molecular weight is 580 g/mol. The van der Waals surface area contributed by atoms with E-state index in [0.29, 0.717) is 38.9 Å². The van der Waals surface area contributed by atoms with E-state index in [1.165, 1.54) is 0 Å². The molecule has 3 amide bonds. The summed E-state index contributed by atoms with van der Waals surface area (Å²) in [4.78, 5) is 48.9. The SMILES string of the molecule is C=CCN(Cc1ccccc1)C(=O)[C@@H]1[C@H]2C(=O)N([C@@H](CO)[C@@H](C)CC)C(C(=O)N(CC=C)C(C)(C)C)C23CC[C@@]1(C)O3. The summed E-state index contributed by atoms with van der Waals surface area (Å²) in [5.41, 5.74) is -1.63. The van der Waals surface area contributed by atoms with Gasteiger partial charge in [0.25, 0.3) is 0 Å². The standard InChI is InChI=1S/C34H49N3O5/c1-9-19-35(21-24-15-13-12-14-16-24)29(39)26-27-30(40)37(25(22-38)23(4)11-3)28(34(27)18-17-33(26,8)42-34)31(41)36(20-10-2)32(5,6)7/h9-10,12-16,23,25-28,38H,1-2,11,17-22H2,3-8H3/t23-,25-,26-,27-,28?,33+,34?/m0/s1. The fourth-order valence-corrected chi connectivity index (χ4v) is 7.55. The number of ether oxygens (including phenoxy) is 1. The topological polar surface area (TPSA) is 90.4 Å². The molecule has 3 fully saturated rings. The van der Waals surface area contributed by atoms with E-state index in [1.807, 2.05) is 71.9 Å². The van der Waals surface area contributed by atoms with E-state index >= 15 is 0 Å². The predicted molar refractivity (Wildman–Crippen MR) is 163 cm³/mol. The molecule has 230 valence electrons. The summed E-state index contributed by atoms with van der Waals surface area (Å²) in [6, 6.07) is 8.21. The Kier molecular flexibility index (Phi) is 9.10. The Labute approximate surface area is 251 Å². The number of hydrogen-bond acceptors (Lipinski definition) is 5. The molecule has 42 heavy (non-hydrogen) atoms. The summed E-state index contributed by atoms with van der Waals surface area (Å²) in [6.07, 6.45) is 5.15. The number of carbonyl (C=O) groups is 3. The Balaban J connectivity index is 1.83. The normalized spacial score (nSPS) is 29.6. The van der Waals surface area contributed by atoms with Crippen LogP contribution in [0, 0.1) is 17.8 Å². The van der Waals surface area contributed by atoms with Crippen LogP contribution in [-0.2, 0) is 25.7 Å². The zero-order chi connectivity index (χ0) is 31.0. The summed E-state index contributed by atoms with van der Waals surface area (Å²) in [5.74, 6) is -2.34. The number of likely N-dealkylation sites (tertiary alicyclic amines) is 1. The number of fused-ring (bicyclic) bond motifs is 1. The van der Waals surface area contributed by atoms with Crippen molar-refractivity contribution >= 4 is 17.7 Å². The molecule has 0 aliphatic carbocycles. The Hall–Kier alpha value is -2.97. The van der Waals surface area contributed by atoms with Gasteiger partial charge in [0, 0.05) is 25.2 Å². The minimum absolute atomic E-state index is 0.0655. The number of amides is 3. The molecule has 2 unspecified atom stereocenters.